The molecule has 1 rings (SSSR count). The Hall–Kier alpha value is -0.930. The summed E-state index contributed by atoms with van der Waals surface area (Å²) in [5, 5.41) is 0. The van der Waals surface area contributed by atoms with Crippen LogP contribution in [0.1, 0.15) is 18.4 Å². The first-order chi connectivity index (χ1) is 8.58. The van der Waals surface area contributed by atoms with Gasteiger partial charge in [-0.15, -0.1) is 11.6 Å². The van der Waals surface area contributed by atoms with Gasteiger partial charge < -0.3 is 14.4 Å². The van der Waals surface area contributed by atoms with Crippen molar-refractivity contribution in [2.24, 2.45) is 0 Å². The van der Waals surface area contributed by atoms with E-state index in [4.69, 9.17) is 9.47 Å². The van der Waals surface area contributed by atoms with E-state index >= 15 is 0 Å². The normalized spacial score (nSPS) is 11.6. The second kappa shape index (κ2) is 9.06. The molecule has 1 aromatic rings. The van der Waals surface area contributed by atoms with E-state index in [1.807, 2.05) is 18.2 Å². The summed E-state index contributed by atoms with van der Waals surface area (Å²) in [7, 11) is 7.53. The molecular weight excluding hydrogens is 250 g/mol. The second-order valence-corrected chi connectivity index (χ2v) is 4.27. The number of methoxy groups -OCH3 is 2. The van der Waals surface area contributed by atoms with Crippen LogP contribution >= 0.6 is 11.6 Å². The Bertz CT molecular complexity index is 343. The van der Waals surface area contributed by atoms with Crippen molar-refractivity contribution in [3.8, 4) is 11.5 Å². The third-order valence-electron chi connectivity index (χ3n) is 2.61. The van der Waals surface area contributed by atoms with Crippen molar-refractivity contribution >= 4 is 11.6 Å². The number of ether oxygens (including phenoxy) is 2. The van der Waals surface area contributed by atoms with E-state index in [1.54, 1.807) is 14.2 Å². The predicted molar refractivity (Wildman–Crippen MR) is 78.3 cm³/mol. The molecule has 3 nitrogen and oxygen atoms in total. The van der Waals surface area contributed by atoms with Gasteiger partial charge in [0.15, 0.2) is 0 Å². The second-order valence-electron chi connectivity index (χ2n) is 4.27. The molecule has 0 amide bonds. The Morgan fingerprint density at radius 1 is 1.17 bits per heavy atom. The minimum Gasteiger partial charge on any atom is -0.497 e. The van der Waals surface area contributed by atoms with Crippen molar-refractivity contribution in [1.29, 1.82) is 0 Å². The maximum atomic E-state index is 5.37. The SMILES string of the molecule is CCl.COc1ccc(OC)c(C(C)CN(C)C)c1. The van der Waals surface area contributed by atoms with Gasteiger partial charge in [-0.2, -0.15) is 0 Å². The molecule has 0 aromatic heterocycles. The fraction of sp³-hybridized carbons (Fsp3) is 0.571. The van der Waals surface area contributed by atoms with Crippen LogP contribution in [0.25, 0.3) is 0 Å². The number of hydrogen-bond acceptors (Lipinski definition) is 3. The predicted octanol–water partition coefficient (Wildman–Crippen LogP) is 3.22. The van der Waals surface area contributed by atoms with E-state index in [1.165, 1.54) is 11.9 Å². The molecule has 0 N–H and O–H groups in total. The van der Waals surface area contributed by atoms with Gasteiger partial charge in [-0.3, -0.25) is 0 Å². The minimum absolute atomic E-state index is 0.417. The van der Waals surface area contributed by atoms with Crippen LogP contribution in [0.2, 0.25) is 0 Å². The van der Waals surface area contributed by atoms with Gasteiger partial charge in [0.05, 0.1) is 14.2 Å². The van der Waals surface area contributed by atoms with Gasteiger partial charge in [0.1, 0.15) is 11.5 Å². The average Bonchev–Trinajstić information content (AvgIpc) is 2.39. The molecule has 0 spiro atoms. The fourth-order valence-corrected chi connectivity index (χ4v) is 1.87. The number of benzene rings is 1. The Morgan fingerprint density at radius 2 is 1.78 bits per heavy atom. The molecule has 0 heterocycles. The van der Waals surface area contributed by atoms with Gasteiger partial charge in [-0.1, -0.05) is 6.92 Å². The largest absolute Gasteiger partial charge is 0.497 e. The third kappa shape index (κ3) is 5.15. The number of alkyl halides is 1. The lowest BCUT2D eigenvalue weighted by molar-refractivity contribution is 0.364. The summed E-state index contributed by atoms with van der Waals surface area (Å²) in [6.45, 7) is 3.18. The van der Waals surface area contributed by atoms with Crippen molar-refractivity contribution < 1.29 is 9.47 Å². The van der Waals surface area contributed by atoms with Crippen LogP contribution in [0.4, 0.5) is 0 Å². The molecule has 18 heavy (non-hydrogen) atoms. The van der Waals surface area contributed by atoms with E-state index in [9.17, 15) is 0 Å². The topological polar surface area (TPSA) is 21.7 Å². The van der Waals surface area contributed by atoms with Crippen LogP contribution in [-0.2, 0) is 0 Å². The number of hydrogen-bond donors (Lipinski definition) is 0. The van der Waals surface area contributed by atoms with E-state index < -0.39 is 0 Å². The first kappa shape index (κ1) is 17.1. The Labute approximate surface area is 116 Å². The minimum atomic E-state index is 0.417. The molecule has 4 heteroatoms. The number of rotatable bonds is 5. The van der Waals surface area contributed by atoms with E-state index in [0.717, 1.165) is 18.0 Å². The highest BCUT2D eigenvalue weighted by atomic mass is 35.5. The monoisotopic (exact) mass is 273 g/mol. The molecular formula is C14H24ClNO2. The molecule has 0 saturated carbocycles. The van der Waals surface area contributed by atoms with Crippen LogP contribution in [0.3, 0.4) is 0 Å². The van der Waals surface area contributed by atoms with Gasteiger partial charge in [0, 0.05) is 18.5 Å². The summed E-state index contributed by atoms with van der Waals surface area (Å²) in [5.41, 5.74) is 1.19. The Balaban J connectivity index is 0.00000137. The fourth-order valence-electron chi connectivity index (χ4n) is 1.87. The van der Waals surface area contributed by atoms with E-state index in [-0.39, 0.29) is 0 Å². The highest BCUT2D eigenvalue weighted by Crippen LogP contribution is 2.30. The zero-order chi connectivity index (χ0) is 14.1. The molecule has 0 saturated heterocycles. The molecule has 0 aliphatic heterocycles. The number of likely N-dealkylation sites (N-methyl/N-ethyl adjacent to an activating group) is 1. The van der Waals surface area contributed by atoms with Crippen LogP contribution in [0, 0.1) is 0 Å². The molecule has 0 aliphatic carbocycles. The average molecular weight is 274 g/mol. The molecule has 1 unspecified atom stereocenters. The van der Waals surface area contributed by atoms with Crippen LogP contribution in [-0.4, -0.2) is 46.1 Å². The van der Waals surface area contributed by atoms with Gasteiger partial charge in [-0.25, -0.2) is 0 Å². The van der Waals surface area contributed by atoms with E-state index in [2.05, 4.69) is 37.5 Å². The Morgan fingerprint density at radius 3 is 2.22 bits per heavy atom. The summed E-state index contributed by atoms with van der Waals surface area (Å²) in [4.78, 5) is 2.17. The summed E-state index contributed by atoms with van der Waals surface area (Å²) >= 11 is 4.64. The van der Waals surface area contributed by atoms with Crippen LogP contribution < -0.4 is 9.47 Å². The summed E-state index contributed by atoms with van der Waals surface area (Å²) in [6, 6.07) is 5.93. The van der Waals surface area contributed by atoms with Crippen molar-refractivity contribution in [2.75, 3.05) is 41.2 Å². The summed E-state index contributed by atoms with van der Waals surface area (Å²) < 4.78 is 10.6. The van der Waals surface area contributed by atoms with Gasteiger partial charge in [0.2, 0.25) is 0 Å². The van der Waals surface area contributed by atoms with Gasteiger partial charge >= 0.3 is 0 Å². The number of nitrogens with zero attached hydrogens (tertiary/aromatic N) is 1. The van der Waals surface area contributed by atoms with Crippen molar-refractivity contribution in [1.82, 2.24) is 4.90 Å². The first-order valence-electron chi connectivity index (χ1n) is 5.83. The molecule has 1 atom stereocenters. The molecule has 0 bridgehead atoms. The van der Waals surface area contributed by atoms with Crippen LogP contribution in [0.15, 0.2) is 18.2 Å². The standard InChI is InChI=1S/C13H21NO2.CH3Cl/c1-10(9-14(2)3)12-8-11(15-4)6-7-13(12)16-5;1-2/h6-8,10H,9H2,1-5H3;1H3. The molecule has 104 valence electrons. The molecule has 1 aromatic carbocycles. The maximum absolute atomic E-state index is 5.37. The summed E-state index contributed by atoms with van der Waals surface area (Å²) in [6.07, 6.45) is 1.47. The van der Waals surface area contributed by atoms with E-state index in [0.29, 0.717) is 5.92 Å². The summed E-state index contributed by atoms with van der Waals surface area (Å²) in [5.74, 6) is 2.22. The molecule has 0 aliphatic rings. The van der Waals surface area contributed by atoms with Gasteiger partial charge in [-0.05, 0) is 38.2 Å². The highest BCUT2D eigenvalue weighted by molar-refractivity contribution is 6.15. The van der Waals surface area contributed by atoms with Crippen LogP contribution in [0.5, 0.6) is 11.5 Å². The molecule has 0 fully saturated rings. The zero-order valence-electron chi connectivity index (χ0n) is 12.2. The third-order valence-corrected chi connectivity index (χ3v) is 2.61. The van der Waals surface area contributed by atoms with Gasteiger partial charge in [0.25, 0.3) is 0 Å². The zero-order valence-corrected chi connectivity index (χ0v) is 12.9. The van der Waals surface area contributed by atoms with Crippen molar-refractivity contribution in [3.05, 3.63) is 23.8 Å². The van der Waals surface area contributed by atoms with Crippen molar-refractivity contribution in [3.63, 3.8) is 0 Å². The lowest BCUT2D eigenvalue weighted by Crippen LogP contribution is -2.18. The first-order valence-corrected chi connectivity index (χ1v) is 6.58. The maximum Gasteiger partial charge on any atom is 0.122 e. The smallest absolute Gasteiger partial charge is 0.122 e. The lowest BCUT2D eigenvalue weighted by atomic mass is 9.99. The van der Waals surface area contributed by atoms with Crippen molar-refractivity contribution in [2.45, 2.75) is 12.8 Å². The highest BCUT2D eigenvalue weighted by Gasteiger charge is 2.13. The lowest BCUT2D eigenvalue weighted by Gasteiger charge is -2.20. The quantitative estimate of drug-likeness (QED) is 0.769. The Kier molecular flexibility index (Phi) is 8.59. The number of halogens is 1. The molecule has 0 radical (unpaired) electrons.